The van der Waals surface area contributed by atoms with E-state index in [1.54, 1.807) is 0 Å². The predicted molar refractivity (Wildman–Crippen MR) is 104 cm³/mol. The van der Waals surface area contributed by atoms with Crippen LogP contribution in [0.4, 0.5) is 5.69 Å². The van der Waals surface area contributed by atoms with Crippen molar-refractivity contribution in [3.05, 3.63) is 65.7 Å². The summed E-state index contributed by atoms with van der Waals surface area (Å²) in [7, 11) is 0. The standard InChI is InChI=1S/C21H25N3O3/c1-16(25)23-19-9-7-17(8-10-19)13-22-21(26)15-24-11-12-27-20(14-24)18-5-3-2-4-6-18/h2-10,20H,11-15H2,1H3,(H,22,26)(H,23,25)/t20-/m0/s1. The van der Waals surface area contributed by atoms with Crippen molar-refractivity contribution in [3.63, 3.8) is 0 Å². The minimum Gasteiger partial charge on any atom is -0.371 e. The zero-order chi connectivity index (χ0) is 19.1. The molecule has 0 aliphatic carbocycles. The topological polar surface area (TPSA) is 70.7 Å². The molecule has 1 heterocycles. The van der Waals surface area contributed by atoms with E-state index in [9.17, 15) is 9.59 Å². The van der Waals surface area contributed by atoms with Crippen molar-refractivity contribution in [1.29, 1.82) is 0 Å². The fraction of sp³-hybridized carbons (Fsp3) is 0.333. The maximum absolute atomic E-state index is 12.3. The van der Waals surface area contributed by atoms with Gasteiger partial charge in [-0.3, -0.25) is 14.5 Å². The highest BCUT2D eigenvalue weighted by Crippen LogP contribution is 2.21. The number of anilines is 1. The van der Waals surface area contributed by atoms with E-state index in [-0.39, 0.29) is 17.9 Å². The first-order valence-corrected chi connectivity index (χ1v) is 9.12. The van der Waals surface area contributed by atoms with Crippen molar-refractivity contribution in [2.75, 3.05) is 31.6 Å². The number of nitrogens with one attached hydrogen (secondary N) is 2. The van der Waals surface area contributed by atoms with Crippen LogP contribution in [0.2, 0.25) is 0 Å². The van der Waals surface area contributed by atoms with Gasteiger partial charge in [0.05, 0.1) is 19.3 Å². The van der Waals surface area contributed by atoms with Gasteiger partial charge in [0.25, 0.3) is 0 Å². The van der Waals surface area contributed by atoms with Crippen molar-refractivity contribution < 1.29 is 14.3 Å². The fourth-order valence-electron chi connectivity index (χ4n) is 3.08. The lowest BCUT2D eigenvalue weighted by molar-refractivity contribution is -0.124. The molecule has 2 aromatic rings. The number of hydrogen-bond donors (Lipinski definition) is 2. The molecule has 2 aromatic carbocycles. The SMILES string of the molecule is CC(=O)Nc1ccc(CNC(=O)CN2CCO[C@H](c3ccccc3)C2)cc1. The van der Waals surface area contributed by atoms with Gasteiger partial charge in [-0.25, -0.2) is 0 Å². The highest BCUT2D eigenvalue weighted by Gasteiger charge is 2.23. The van der Waals surface area contributed by atoms with Crippen molar-refractivity contribution in [2.24, 2.45) is 0 Å². The van der Waals surface area contributed by atoms with Gasteiger partial charge in [0, 0.05) is 32.2 Å². The molecule has 0 saturated carbocycles. The Morgan fingerprint density at radius 2 is 1.85 bits per heavy atom. The van der Waals surface area contributed by atoms with E-state index in [1.165, 1.54) is 6.92 Å². The molecule has 0 unspecified atom stereocenters. The molecule has 1 atom stereocenters. The summed E-state index contributed by atoms with van der Waals surface area (Å²) in [4.78, 5) is 25.4. The second-order valence-corrected chi connectivity index (χ2v) is 6.66. The molecule has 2 amide bonds. The fourth-order valence-corrected chi connectivity index (χ4v) is 3.08. The number of carbonyl (C=O) groups is 2. The molecule has 0 spiro atoms. The molecule has 3 rings (SSSR count). The van der Waals surface area contributed by atoms with Crippen LogP contribution in [0, 0.1) is 0 Å². The maximum Gasteiger partial charge on any atom is 0.234 e. The van der Waals surface area contributed by atoms with E-state index in [1.807, 2.05) is 42.5 Å². The Morgan fingerprint density at radius 3 is 2.56 bits per heavy atom. The number of hydrogen-bond acceptors (Lipinski definition) is 4. The van der Waals surface area contributed by atoms with Gasteiger partial charge in [0.1, 0.15) is 0 Å². The lowest BCUT2D eigenvalue weighted by Crippen LogP contribution is -2.44. The van der Waals surface area contributed by atoms with Gasteiger partial charge in [-0.15, -0.1) is 0 Å². The summed E-state index contributed by atoms with van der Waals surface area (Å²) < 4.78 is 5.84. The third kappa shape index (κ3) is 5.91. The molecule has 1 saturated heterocycles. The minimum absolute atomic E-state index is 0.00495. The van der Waals surface area contributed by atoms with Gasteiger partial charge in [-0.2, -0.15) is 0 Å². The Hall–Kier alpha value is -2.70. The van der Waals surface area contributed by atoms with Gasteiger partial charge in [0.15, 0.2) is 0 Å². The van der Waals surface area contributed by atoms with Crippen LogP contribution in [-0.2, 0) is 20.9 Å². The average Bonchev–Trinajstić information content (AvgIpc) is 2.68. The molecule has 0 radical (unpaired) electrons. The van der Waals surface area contributed by atoms with E-state index in [2.05, 4.69) is 27.7 Å². The Balaban J connectivity index is 1.45. The smallest absolute Gasteiger partial charge is 0.234 e. The maximum atomic E-state index is 12.3. The highest BCUT2D eigenvalue weighted by molar-refractivity contribution is 5.88. The molecule has 6 heteroatoms. The van der Waals surface area contributed by atoms with Crippen LogP contribution >= 0.6 is 0 Å². The number of benzene rings is 2. The molecule has 1 aliphatic heterocycles. The van der Waals surface area contributed by atoms with Crippen molar-refractivity contribution in [2.45, 2.75) is 19.6 Å². The first-order chi connectivity index (χ1) is 13.1. The van der Waals surface area contributed by atoms with Crippen LogP contribution in [0.15, 0.2) is 54.6 Å². The van der Waals surface area contributed by atoms with Gasteiger partial charge >= 0.3 is 0 Å². The van der Waals surface area contributed by atoms with E-state index in [0.717, 1.165) is 23.4 Å². The third-order valence-electron chi connectivity index (χ3n) is 4.45. The summed E-state index contributed by atoms with van der Waals surface area (Å²) in [6, 6.07) is 17.5. The zero-order valence-corrected chi connectivity index (χ0v) is 15.5. The molecule has 1 aliphatic rings. The van der Waals surface area contributed by atoms with Crippen molar-refractivity contribution in [1.82, 2.24) is 10.2 Å². The minimum atomic E-state index is -0.102. The monoisotopic (exact) mass is 367 g/mol. The lowest BCUT2D eigenvalue weighted by atomic mass is 10.1. The van der Waals surface area contributed by atoms with Crippen LogP contribution in [-0.4, -0.2) is 43.0 Å². The second-order valence-electron chi connectivity index (χ2n) is 6.66. The summed E-state index contributed by atoms with van der Waals surface area (Å²) in [5, 5.41) is 5.68. The Morgan fingerprint density at radius 1 is 1.11 bits per heavy atom. The van der Waals surface area contributed by atoms with Gasteiger partial charge < -0.3 is 15.4 Å². The molecule has 142 valence electrons. The normalized spacial score (nSPS) is 17.3. The Kier molecular flexibility index (Phi) is 6.57. The largest absolute Gasteiger partial charge is 0.371 e. The molecule has 1 fully saturated rings. The van der Waals surface area contributed by atoms with Gasteiger partial charge in [-0.05, 0) is 23.3 Å². The van der Waals surface area contributed by atoms with Crippen LogP contribution in [0.25, 0.3) is 0 Å². The summed E-state index contributed by atoms with van der Waals surface area (Å²) in [6.45, 7) is 4.38. The number of amides is 2. The first-order valence-electron chi connectivity index (χ1n) is 9.12. The lowest BCUT2D eigenvalue weighted by Gasteiger charge is -2.32. The second kappa shape index (κ2) is 9.30. The number of ether oxygens (including phenoxy) is 1. The molecular weight excluding hydrogens is 342 g/mol. The summed E-state index contributed by atoms with van der Waals surface area (Å²) in [6.07, 6.45) is 0.00840. The highest BCUT2D eigenvalue weighted by atomic mass is 16.5. The first kappa shape index (κ1) is 19.1. The number of nitrogens with zero attached hydrogens (tertiary/aromatic N) is 1. The summed E-state index contributed by atoms with van der Waals surface area (Å²) in [5.74, 6) is -0.106. The van der Waals surface area contributed by atoms with Crippen LogP contribution in [0.5, 0.6) is 0 Å². The summed E-state index contributed by atoms with van der Waals surface area (Å²) in [5.41, 5.74) is 2.88. The van der Waals surface area contributed by atoms with Crippen molar-refractivity contribution >= 4 is 17.5 Å². The Bertz CT molecular complexity index is 762. The van der Waals surface area contributed by atoms with E-state index in [4.69, 9.17) is 4.74 Å². The molecular formula is C21H25N3O3. The number of rotatable bonds is 6. The molecule has 0 aromatic heterocycles. The molecule has 27 heavy (non-hydrogen) atoms. The summed E-state index contributed by atoms with van der Waals surface area (Å²) >= 11 is 0. The van der Waals surface area contributed by atoms with Crippen LogP contribution in [0.1, 0.15) is 24.2 Å². The van der Waals surface area contributed by atoms with Gasteiger partial charge in [0.2, 0.25) is 11.8 Å². The number of morpholine rings is 1. The molecule has 2 N–H and O–H groups in total. The Labute approximate surface area is 159 Å². The van der Waals surface area contributed by atoms with E-state index < -0.39 is 0 Å². The van der Waals surface area contributed by atoms with E-state index in [0.29, 0.717) is 26.2 Å². The van der Waals surface area contributed by atoms with Crippen LogP contribution < -0.4 is 10.6 Å². The number of carbonyl (C=O) groups excluding carboxylic acids is 2. The molecule has 0 bridgehead atoms. The zero-order valence-electron chi connectivity index (χ0n) is 15.5. The van der Waals surface area contributed by atoms with Crippen LogP contribution in [0.3, 0.4) is 0 Å². The molecule has 6 nitrogen and oxygen atoms in total. The van der Waals surface area contributed by atoms with Crippen molar-refractivity contribution in [3.8, 4) is 0 Å². The average molecular weight is 367 g/mol. The third-order valence-corrected chi connectivity index (χ3v) is 4.45. The predicted octanol–water partition coefficient (Wildman–Crippen LogP) is 2.33. The quantitative estimate of drug-likeness (QED) is 0.822. The van der Waals surface area contributed by atoms with E-state index >= 15 is 0 Å². The van der Waals surface area contributed by atoms with Gasteiger partial charge in [-0.1, -0.05) is 42.5 Å².